The van der Waals surface area contributed by atoms with Crippen molar-refractivity contribution < 1.29 is 4.74 Å². The van der Waals surface area contributed by atoms with E-state index in [1.54, 1.807) is 0 Å². The minimum absolute atomic E-state index is 0.466. The van der Waals surface area contributed by atoms with E-state index in [9.17, 15) is 0 Å². The molecule has 0 aromatic rings. The van der Waals surface area contributed by atoms with Crippen LogP contribution < -0.4 is 5.32 Å². The summed E-state index contributed by atoms with van der Waals surface area (Å²) in [6.07, 6.45) is 2.83. The Kier molecular flexibility index (Phi) is 5.45. The Morgan fingerprint density at radius 2 is 2.36 bits per heavy atom. The molecule has 1 N–H and O–H groups in total. The van der Waals surface area contributed by atoms with E-state index in [0.717, 1.165) is 26.1 Å². The van der Waals surface area contributed by atoms with Gasteiger partial charge in [0.05, 0.1) is 12.7 Å². The molecule has 0 bridgehead atoms. The monoisotopic (exact) mass is 200 g/mol. The summed E-state index contributed by atoms with van der Waals surface area (Å²) in [6.45, 7) is 8.76. The Balaban J connectivity index is 2.17. The molecular weight excluding hydrogens is 176 g/mol. The highest BCUT2D eigenvalue weighted by Crippen LogP contribution is 2.08. The van der Waals surface area contributed by atoms with Crippen molar-refractivity contribution in [2.45, 2.75) is 38.8 Å². The van der Waals surface area contributed by atoms with Crippen LogP contribution in [0.3, 0.4) is 0 Å². The second-order valence-electron chi connectivity index (χ2n) is 4.18. The van der Waals surface area contributed by atoms with Crippen molar-refractivity contribution >= 4 is 0 Å². The first kappa shape index (κ1) is 12.0. The third-order valence-electron chi connectivity index (χ3n) is 3.05. The van der Waals surface area contributed by atoms with Gasteiger partial charge in [0, 0.05) is 19.1 Å². The first-order chi connectivity index (χ1) is 6.76. The van der Waals surface area contributed by atoms with Gasteiger partial charge >= 0.3 is 0 Å². The highest BCUT2D eigenvalue weighted by atomic mass is 16.5. The Labute approximate surface area is 87.8 Å². The molecule has 1 saturated heterocycles. The molecule has 84 valence electrons. The normalized spacial score (nSPS) is 26.4. The summed E-state index contributed by atoms with van der Waals surface area (Å²) in [5.74, 6) is 0. The van der Waals surface area contributed by atoms with Crippen LogP contribution in [0, 0.1) is 0 Å². The molecule has 1 heterocycles. The molecule has 1 rings (SSSR count). The van der Waals surface area contributed by atoms with Crippen molar-refractivity contribution in [2.24, 2.45) is 0 Å². The molecule has 0 spiro atoms. The zero-order chi connectivity index (χ0) is 10.4. The fourth-order valence-corrected chi connectivity index (χ4v) is 1.75. The molecule has 0 radical (unpaired) electrons. The highest BCUT2D eigenvalue weighted by Gasteiger charge is 2.18. The van der Waals surface area contributed by atoms with Gasteiger partial charge in [0.25, 0.3) is 0 Å². The van der Waals surface area contributed by atoms with E-state index >= 15 is 0 Å². The maximum Gasteiger partial charge on any atom is 0.0700 e. The van der Waals surface area contributed by atoms with Crippen LogP contribution in [0.25, 0.3) is 0 Å². The summed E-state index contributed by atoms with van der Waals surface area (Å²) in [5.41, 5.74) is 0. The third kappa shape index (κ3) is 3.95. The Morgan fingerprint density at radius 3 is 3.00 bits per heavy atom. The van der Waals surface area contributed by atoms with E-state index < -0.39 is 0 Å². The van der Waals surface area contributed by atoms with Gasteiger partial charge in [0.2, 0.25) is 0 Å². The lowest BCUT2D eigenvalue weighted by molar-refractivity contribution is -0.0303. The summed E-state index contributed by atoms with van der Waals surface area (Å²) in [7, 11) is 2.03. The summed E-state index contributed by atoms with van der Waals surface area (Å²) >= 11 is 0. The van der Waals surface area contributed by atoms with Crippen molar-refractivity contribution in [3.63, 3.8) is 0 Å². The van der Waals surface area contributed by atoms with Crippen LogP contribution in [0.1, 0.15) is 26.7 Å². The third-order valence-corrected chi connectivity index (χ3v) is 3.05. The fourth-order valence-electron chi connectivity index (χ4n) is 1.75. The minimum atomic E-state index is 0.466. The van der Waals surface area contributed by atoms with Gasteiger partial charge in [-0.1, -0.05) is 6.92 Å². The van der Waals surface area contributed by atoms with Crippen LogP contribution in [-0.4, -0.2) is 50.3 Å². The van der Waals surface area contributed by atoms with Crippen LogP contribution in [0.15, 0.2) is 0 Å². The van der Waals surface area contributed by atoms with Crippen LogP contribution in [0.5, 0.6) is 0 Å². The predicted molar refractivity (Wildman–Crippen MR) is 59.6 cm³/mol. The summed E-state index contributed by atoms with van der Waals surface area (Å²) in [6, 6.07) is 0.623. The second-order valence-corrected chi connectivity index (χ2v) is 4.18. The SMILES string of the molecule is CCC1CN(CCC(C)NC)CCO1. The number of ether oxygens (including phenoxy) is 1. The van der Waals surface area contributed by atoms with Crippen LogP contribution in [0.4, 0.5) is 0 Å². The molecular formula is C11H24N2O. The largest absolute Gasteiger partial charge is 0.376 e. The molecule has 0 amide bonds. The van der Waals surface area contributed by atoms with Gasteiger partial charge in [0.1, 0.15) is 0 Å². The van der Waals surface area contributed by atoms with Crippen molar-refractivity contribution in [3.05, 3.63) is 0 Å². The number of morpholine rings is 1. The number of hydrogen-bond donors (Lipinski definition) is 1. The predicted octanol–water partition coefficient (Wildman–Crippen LogP) is 1.10. The maximum absolute atomic E-state index is 5.63. The highest BCUT2D eigenvalue weighted by molar-refractivity contribution is 4.71. The van der Waals surface area contributed by atoms with E-state index in [4.69, 9.17) is 4.74 Å². The standard InChI is InChI=1S/C11H24N2O/c1-4-11-9-13(7-8-14-11)6-5-10(2)12-3/h10-12H,4-9H2,1-3H3. The van der Waals surface area contributed by atoms with Crippen LogP contribution >= 0.6 is 0 Å². The number of hydrogen-bond acceptors (Lipinski definition) is 3. The molecule has 2 atom stereocenters. The van der Waals surface area contributed by atoms with Crippen molar-refractivity contribution in [1.82, 2.24) is 10.2 Å². The zero-order valence-corrected chi connectivity index (χ0v) is 9.75. The molecule has 3 nitrogen and oxygen atoms in total. The Morgan fingerprint density at radius 1 is 1.57 bits per heavy atom. The molecule has 1 aliphatic heterocycles. The summed E-state index contributed by atoms with van der Waals surface area (Å²) in [4.78, 5) is 2.52. The van der Waals surface area contributed by atoms with E-state index in [1.807, 2.05) is 7.05 Å². The molecule has 2 unspecified atom stereocenters. The van der Waals surface area contributed by atoms with E-state index in [-0.39, 0.29) is 0 Å². The van der Waals surface area contributed by atoms with Gasteiger partial charge < -0.3 is 10.1 Å². The molecule has 1 fully saturated rings. The Hall–Kier alpha value is -0.120. The van der Waals surface area contributed by atoms with E-state index in [1.165, 1.54) is 13.0 Å². The van der Waals surface area contributed by atoms with Crippen molar-refractivity contribution in [3.8, 4) is 0 Å². The van der Waals surface area contributed by atoms with Gasteiger partial charge in [-0.25, -0.2) is 0 Å². The molecule has 3 heteroatoms. The molecule has 0 aromatic carbocycles. The molecule has 0 aliphatic carbocycles. The Bertz CT molecular complexity index is 152. The van der Waals surface area contributed by atoms with Gasteiger partial charge in [-0.15, -0.1) is 0 Å². The van der Waals surface area contributed by atoms with Gasteiger partial charge in [0.15, 0.2) is 0 Å². The van der Waals surface area contributed by atoms with Gasteiger partial charge in [-0.05, 0) is 33.4 Å². The number of nitrogens with one attached hydrogen (secondary N) is 1. The molecule has 14 heavy (non-hydrogen) atoms. The summed E-state index contributed by atoms with van der Waals surface area (Å²) in [5, 5.41) is 3.27. The van der Waals surface area contributed by atoms with E-state index in [2.05, 4.69) is 24.1 Å². The lowest BCUT2D eigenvalue weighted by Gasteiger charge is -2.33. The topological polar surface area (TPSA) is 24.5 Å². The minimum Gasteiger partial charge on any atom is -0.376 e. The zero-order valence-electron chi connectivity index (χ0n) is 9.75. The van der Waals surface area contributed by atoms with Crippen LogP contribution in [0.2, 0.25) is 0 Å². The average molecular weight is 200 g/mol. The van der Waals surface area contributed by atoms with Crippen molar-refractivity contribution in [2.75, 3.05) is 33.3 Å². The molecule has 0 saturated carbocycles. The molecule has 1 aliphatic rings. The lowest BCUT2D eigenvalue weighted by atomic mass is 10.2. The van der Waals surface area contributed by atoms with Crippen LogP contribution in [-0.2, 0) is 4.74 Å². The second kappa shape index (κ2) is 6.38. The fraction of sp³-hybridized carbons (Fsp3) is 1.00. The first-order valence-electron chi connectivity index (χ1n) is 5.77. The maximum atomic E-state index is 5.63. The molecule has 0 aromatic heterocycles. The number of rotatable bonds is 5. The lowest BCUT2D eigenvalue weighted by Crippen LogP contribution is -2.43. The smallest absolute Gasteiger partial charge is 0.0700 e. The quantitative estimate of drug-likeness (QED) is 0.719. The van der Waals surface area contributed by atoms with Gasteiger partial charge in [-0.2, -0.15) is 0 Å². The average Bonchev–Trinajstić information content (AvgIpc) is 2.26. The van der Waals surface area contributed by atoms with Gasteiger partial charge in [-0.3, -0.25) is 4.90 Å². The number of nitrogens with zero attached hydrogens (tertiary/aromatic N) is 1. The first-order valence-corrected chi connectivity index (χ1v) is 5.77. The van der Waals surface area contributed by atoms with E-state index in [0.29, 0.717) is 12.1 Å². The van der Waals surface area contributed by atoms with Crippen molar-refractivity contribution in [1.29, 1.82) is 0 Å². The summed E-state index contributed by atoms with van der Waals surface area (Å²) < 4.78 is 5.63.